The molecular weight excluding hydrogens is 336 g/mol. The SMILES string of the molecule is O=C(NCCC(=O)N1CCc2ccccc2C1)c1ccc2ccccc2c1. The van der Waals surface area contributed by atoms with Gasteiger partial charge in [-0.3, -0.25) is 9.59 Å². The van der Waals surface area contributed by atoms with Crippen LogP contribution in [0.3, 0.4) is 0 Å². The highest BCUT2D eigenvalue weighted by Crippen LogP contribution is 2.19. The average Bonchev–Trinajstić information content (AvgIpc) is 2.72. The fourth-order valence-electron chi connectivity index (χ4n) is 3.58. The highest BCUT2D eigenvalue weighted by Gasteiger charge is 2.20. The number of amides is 2. The molecule has 4 rings (SSSR count). The number of fused-ring (bicyclic) bond motifs is 2. The number of benzene rings is 3. The Labute approximate surface area is 158 Å². The minimum atomic E-state index is -0.141. The second kappa shape index (κ2) is 7.62. The summed E-state index contributed by atoms with van der Waals surface area (Å²) in [6.07, 6.45) is 1.22. The molecule has 0 spiro atoms. The van der Waals surface area contributed by atoms with Gasteiger partial charge in [-0.25, -0.2) is 0 Å². The average molecular weight is 358 g/mol. The van der Waals surface area contributed by atoms with Crippen molar-refractivity contribution < 1.29 is 9.59 Å². The van der Waals surface area contributed by atoms with Crippen molar-refractivity contribution in [3.8, 4) is 0 Å². The molecule has 3 aromatic carbocycles. The Bertz CT molecular complexity index is 996. The number of nitrogens with one attached hydrogen (secondary N) is 1. The van der Waals surface area contributed by atoms with Crippen LogP contribution in [0, 0.1) is 0 Å². The molecule has 1 aliphatic heterocycles. The van der Waals surface area contributed by atoms with Crippen molar-refractivity contribution in [3.05, 3.63) is 83.4 Å². The van der Waals surface area contributed by atoms with Crippen molar-refractivity contribution in [3.63, 3.8) is 0 Å². The summed E-state index contributed by atoms with van der Waals surface area (Å²) in [7, 11) is 0. The molecule has 4 heteroatoms. The lowest BCUT2D eigenvalue weighted by molar-refractivity contribution is -0.131. The minimum Gasteiger partial charge on any atom is -0.352 e. The molecule has 3 aromatic rings. The van der Waals surface area contributed by atoms with E-state index in [2.05, 4.69) is 17.4 Å². The van der Waals surface area contributed by atoms with Crippen molar-refractivity contribution >= 4 is 22.6 Å². The van der Waals surface area contributed by atoms with Gasteiger partial charge in [0.05, 0.1) is 0 Å². The van der Waals surface area contributed by atoms with Crippen LogP contribution in [-0.4, -0.2) is 29.8 Å². The molecule has 4 nitrogen and oxygen atoms in total. The Morgan fingerprint density at radius 3 is 2.48 bits per heavy atom. The summed E-state index contributed by atoms with van der Waals surface area (Å²) in [6, 6.07) is 21.9. The van der Waals surface area contributed by atoms with Gasteiger partial charge < -0.3 is 10.2 Å². The Kier molecular flexibility index (Phi) is 4.88. The van der Waals surface area contributed by atoms with Crippen molar-refractivity contribution in [1.82, 2.24) is 10.2 Å². The molecule has 0 saturated heterocycles. The lowest BCUT2D eigenvalue weighted by Gasteiger charge is -2.29. The second-order valence-corrected chi connectivity index (χ2v) is 6.90. The van der Waals surface area contributed by atoms with Gasteiger partial charge in [-0.1, -0.05) is 54.6 Å². The van der Waals surface area contributed by atoms with Crippen LogP contribution in [0.4, 0.5) is 0 Å². The van der Waals surface area contributed by atoms with E-state index in [4.69, 9.17) is 0 Å². The van der Waals surface area contributed by atoms with Crippen LogP contribution in [0.5, 0.6) is 0 Å². The topological polar surface area (TPSA) is 49.4 Å². The van der Waals surface area contributed by atoms with Gasteiger partial charge in [0.2, 0.25) is 5.91 Å². The first-order chi connectivity index (χ1) is 13.2. The number of hydrogen-bond donors (Lipinski definition) is 1. The van der Waals surface area contributed by atoms with Crippen molar-refractivity contribution in [2.75, 3.05) is 13.1 Å². The van der Waals surface area contributed by atoms with Gasteiger partial charge in [0.1, 0.15) is 0 Å². The van der Waals surface area contributed by atoms with Crippen molar-refractivity contribution in [2.45, 2.75) is 19.4 Å². The van der Waals surface area contributed by atoms with Gasteiger partial charge in [0.25, 0.3) is 5.91 Å². The molecular formula is C23H22N2O2. The summed E-state index contributed by atoms with van der Waals surface area (Å²) in [5.74, 6) is -0.0548. The number of hydrogen-bond acceptors (Lipinski definition) is 2. The minimum absolute atomic E-state index is 0.0864. The molecule has 2 amide bonds. The Hall–Kier alpha value is -3.14. The maximum Gasteiger partial charge on any atom is 0.251 e. The Balaban J connectivity index is 1.31. The van der Waals surface area contributed by atoms with Crippen LogP contribution >= 0.6 is 0 Å². The number of rotatable bonds is 4. The standard InChI is InChI=1S/C23H22N2O2/c26-22(25-14-12-18-6-2-4-8-21(18)16-25)11-13-24-23(27)20-10-9-17-5-1-3-7-19(17)15-20/h1-10,15H,11-14,16H2,(H,24,27). The predicted octanol–water partition coefficient (Wildman–Crippen LogP) is 3.54. The van der Waals surface area contributed by atoms with Crippen LogP contribution in [0.1, 0.15) is 27.9 Å². The highest BCUT2D eigenvalue weighted by molar-refractivity contribution is 5.98. The van der Waals surface area contributed by atoms with E-state index < -0.39 is 0 Å². The molecule has 0 aromatic heterocycles. The zero-order valence-corrected chi connectivity index (χ0v) is 15.2. The van der Waals surface area contributed by atoms with Crippen LogP contribution in [0.2, 0.25) is 0 Å². The zero-order chi connectivity index (χ0) is 18.6. The molecule has 0 fully saturated rings. The van der Waals surface area contributed by atoms with Gasteiger partial charge in [-0.15, -0.1) is 0 Å². The van der Waals surface area contributed by atoms with Gasteiger partial charge in [-0.2, -0.15) is 0 Å². The third kappa shape index (κ3) is 3.85. The third-order valence-electron chi connectivity index (χ3n) is 5.12. The van der Waals surface area contributed by atoms with E-state index in [1.54, 1.807) is 0 Å². The van der Waals surface area contributed by atoms with Gasteiger partial charge in [0.15, 0.2) is 0 Å². The summed E-state index contributed by atoms with van der Waals surface area (Å²) in [5.41, 5.74) is 3.16. The van der Waals surface area contributed by atoms with E-state index in [0.29, 0.717) is 25.1 Å². The number of nitrogens with zero attached hydrogens (tertiary/aromatic N) is 1. The highest BCUT2D eigenvalue weighted by atomic mass is 16.2. The Morgan fingerprint density at radius 1 is 0.889 bits per heavy atom. The summed E-state index contributed by atoms with van der Waals surface area (Å²) >= 11 is 0. The molecule has 1 heterocycles. The second-order valence-electron chi connectivity index (χ2n) is 6.90. The lowest BCUT2D eigenvalue weighted by atomic mass is 10.00. The van der Waals surface area contributed by atoms with Gasteiger partial charge >= 0.3 is 0 Å². The predicted molar refractivity (Wildman–Crippen MR) is 106 cm³/mol. The molecule has 0 aliphatic carbocycles. The normalized spacial score (nSPS) is 13.3. The fourth-order valence-corrected chi connectivity index (χ4v) is 3.58. The van der Waals surface area contributed by atoms with Gasteiger partial charge in [0, 0.05) is 31.6 Å². The van der Waals surface area contributed by atoms with Crippen molar-refractivity contribution in [2.24, 2.45) is 0 Å². The molecule has 0 saturated carbocycles. The Morgan fingerprint density at radius 2 is 1.63 bits per heavy atom. The summed E-state index contributed by atoms with van der Waals surface area (Å²) in [5, 5.41) is 5.01. The zero-order valence-electron chi connectivity index (χ0n) is 15.2. The monoisotopic (exact) mass is 358 g/mol. The van der Waals surface area contributed by atoms with E-state index in [-0.39, 0.29) is 11.8 Å². The first-order valence-electron chi connectivity index (χ1n) is 9.32. The number of carbonyl (C=O) groups is 2. The molecule has 0 bridgehead atoms. The maximum atomic E-state index is 12.5. The molecule has 0 atom stereocenters. The van der Waals surface area contributed by atoms with Crippen LogP contribution < -0.4 is 5.32 Å². The maximum absolute atomic E-state index is 12.5. The van der Waals surface area contributed by atoms with E-state index >= 15 is 0 Å². The number of carbonyl (C=O) groups excluding carboxylic acids is 2. The molecule has 0 unspecified atom stereocenters. The summed E-state index contributed by atoms with van der Waals surface area (Å²) in [6.45, 7) is 1.75. The fraction of sp³-hybridized carbons (Fsp3) is 0.217. The molecule has 0 radical (unpaired) electrons. The third-order valence-corrected chi connectivity index (χ3v) is 5.12. The molecule has 136 valence electrons. The molecule has 1 N–H and O–H groups in total. The quantitative estimate of drug-likeness (QED) is 0.775. The van der Waals surface area contributed by atoms with E-state index in [0.717, 1.165) is 23.7 Å². The molecule has 27 heavy (non-hydrogen) atoms. The van der Waals surface area contributed by atoms with E-state index in [1.165, 1.54) is 11.1 Å². The first kappa shape index (κ1) is 17.3. The van der Waals surface area contributed by atoms with Crippen LogP contribution in [0.25, 0.3) is 10.8 Å². The summed E-state index contributed by atoms with van der Waals surface area (Å²) < 4.78 is 0. The first-order valence-corrected chi connectivity index (χ1v) is 9.32. The largest absolute Gasteiger partial charge is 0.352 e. The van der Waals surface area contributed by atoms with Crippen LogP contribution in [-0.2, 0) is 17.8 Å². The lowest BCUT2D eigenvalue weighted by Crippen LogP contribution is -2.38. The van der Waals surface area contributed by atoms with E-state index in [1.807, 2.05) is 59.5 Å². The smallest absolute Gasteiger partial charge is 0.251 e. The van der Waals surface area contributed by atoms with Crippen molar-refractivity contribution in [1.29, 1.82) is 0 Å². The summed E-state index contributed by atoms with van der Waals surface area (Å²) in [4.78, 5) is 26.7. The van der Waals surface area contributed by atoms with E-state index in [9.17, 15) is 9.59 Å². The van der Waals surface area contributed by atoms with Gasteiger partial charge in [-0.05, 0) is 40.5 Å². The van der Waals surface area contributed by atoms with Crippen LogP contribution in [0.15, 0.2) is 66.7 Å². The molecule has 1 aliphatic rings.